The van der Waals surface area contributed by atoms with E-state index < -0.39 is 17.7 Å². The number of hydrogen-bond acceptors (Lipinski definition) is 5. The highest BCUT2D eigenvalue weighted by Crippen LogP contribution is 2.33. The van der Waals surface area contributed by atoms with Gasteiger partial charge in [-0.1, -0.05) is 30.4 Å². The van der Waals surface area contributed by atoms with Gasteiger partial charge in [-0.2, -0.15) is 5.10 Å². The molecule has 43 heavy (non-hydrogen) atoms. The highest BCUT2D eigenvalue weighted by molar-refractivity contribution is 5.90. The molecule has 0 spiro atoms. The summed E-state index contributed by atoms with van der Waals surface area (Å²) in [5.74, 6) is -1.53. The first-order chi connectivity index (χ1) is 20.7. The van der Waals surface area contributed by atoms with Gasteiger partial charge in [0.05, 0.1) is 24.4 Å². The summed E-state index contributed by atoms with van der Waals surface area (Å²) in [7, 11) is 1.63. The highest BCUT2D eigenvalue weighted by Gasteiger charge is 2.35. The number of nitrogens with one attached hydrogen (secondary N) is 2. The number of carbonyl (C=O) groups is 1. The number of carbonyl (C=O) groups excluding carboxylic acids is 1. The van der Waals surface area contributed by atoms with E-state index >= 15 is 0 Å². The topological polar surface area (TPSA) is 93.4 Å². The zero-order valence-electron chi connectivity index (χ0n) is 24.9. The maximum Gasteiger partial charge on any atom is 0.320 e. The molecule has 2 amide bonds. The largest absolute Gasteiger partial charge is 0.383 e. The molecule has 1 fully saturated rings. The molecular weight excluding hydrogens is 554 g/mol. The van der Waals surface area contributed by atoms with Crippen molar-refractivity contribution in [2.45, 2.75) is 51.2 Å². The second kappa shape index (κ2) is 13.0. The molecule has 0 bridgehead atoms. The zero-order valence-corrected chi connectivity index (χ0v) is 24.9. The second-order valence-electron chi connectivity index (χ2n) is 11.4. The Kier molecular flexibility index (Phi) is 9.22. The summed E-state index contributed by atoms with van der Waals surface area (Å²) >= 11 is 0. The molecule has 2 aromatic heterocycles. The lowest BCUT2D eigenvalue weighted by atomic mass is 9.94. The zero-order chi connectivity index (χ0) is 30.7. The van der Waals surface area contributed by atoms with Crippen LogP contribution in [-0.2, 0) is 4.74 Å². The normalized spacial score (nSPS) is 20.2. The summed E-state index contributed by atoms with van der Waals surface area (Å²) in [5, 5.41) is 11.0. The number of anilines is 1. The van der Waals surface area contributed by atoms with E-state index in [1.54, 1.807) is 34.7 Å². The molecule has 3 atom stereocenters. The smallest absolute Gasteiger partial charge is 0.320 e. The summed E-state index contributed by atoms with van der Waals surface area (Å²) in [6.07, 6.45) is 10.5. The first-order valence-electron chi connectivity index (χ1n) is 14.5. The number of aromatic nitrogens is 3. The Morgan fingerprint density at radius 1 is 1.14 bits per heavy atom. The molecule has 0 radical (unpaired) electrons. The number of benzene rings is 1. The summed E-state index contributed by atoms with van der Waals surface area (Å²) in [4.78, 5) is 28.1. The van der Waals surface area contributed by atoms with Gasteiger partial charge in [0.25, 0.3) is 5.56 Å². The number of ether oxygens (including phenoxy) is 1. The molecule has 2 aliphatic rings. The molecule has 3 heterocycles. The van der Waals surface area contributed by atoms with Crippen LogP contribution in [0.2, 0.25) is 0 Å². The van der Waals surface area contributed by atoms with E-state index in [4.69, 9.17) is 9.84 Å². The summed E-state index contributed by atoms with van der Waals surface area (Å²) in [6, 6.07) is 6.26. The van der Waals surface area contributed by atoms with E-state index in [2.05, 4.69) is 15.5 Å². The van der Waals surface area contributed by atoms with Crippen LogP contribution in [0.4, 0.5) is 19.4 Å². The first kappa shape index (κ1) is 30.4. The van der Waals surface area contributed by atoms with Gasteiger partial charge in [0.15, 0.2) is 11.6 Å². The van der Waals surface area contributed by atoms with Gasteiger partial charge in [0.2, 0.25) is 0 Å². The number of allylic oxidation sites excluding steroid dienone is 4. The van der Waals surface area contributed by atoms with Crippen LogP contribution >= 0.6 is 0 Å². The Morgan fingerprint density at radius 2 is 1.95 bits per heavy atom. The summed E-state index contributed by atoms with van der Waals surface area (Å²) in [6.45, 7) is 8.03. The molecule has 9 nitrogen and oxygen atoms in total. The van der Waals surface area contributed by atoms with Crippen molar-refractivity contribution in [3.63, 3.8) is 0 Å². The van der Waals surface area contributed by atoms with Crippen molar-refractivity contribution in [3.8, 4) is 11.3 Å². The number of pyridine rings is 1. The highest BCUT2D eigenvalue weighted by atomic mass is 19.2. The fraction of sp³-hybridized carbons (Fsp3) is 0.406. The van der Waals surface area contributed by atoms with Crippen LogP contribution in [0.15, 0.2) is 65.6 Å². The minimum Gasteiger partial charge on any atom is -0.383 e. The summed E-state index contributed by atoms with van der Waals surface area (Å²) < 4.78 is 36.6. The van der Waals surface area contributed by atoms with Gasteiger partial charge in [-0.15, -0.1) is 0 Å². The lowest BCUT2D eigenvalue weighted by Crippen LogP contribution is -2.42. The van der Waals surface area contributed by atoms with Gasteiger partial charge in [-0.05, 0) is 51.0 Å². The lowest BCUT2D eigenvalue weighted by Gasteiger charge is -2.22. The van der Waals surface area contributed by atoms with Crippen LogP contribution in [0, 0.1) is 18.6 Å². The Morgan fingerprint density at radius 3 is 2.65 bits per heavy atom. The molecule has 5 rings (SSSR count). The molecular formula is C32H38F2N6O3. The molecule has 2 N–H and O–H groups in total. The Bertz CT molecular complexity index is 1590. The van der Waals surface area contributed by atoms with E-state index in [0.29, 0.717) is 49.7 Å². The number of hydrogen-bond donors (Lipinski definition) is 2. The number of amides is 2. The number of nitrogens with zero attached hydrogens (tertiary/aromatic N) is 4. The SMILES string of the molecule is COCCN1C[C@@H](NC(=O)Nc2c(C)c(-c3ccc(=O)n(C(C)C)c3)nn2C2C=CC=CC2)[C@H](c2ccc(F)c(F)c2)C1. The predicted molar refractivity (Wildman–Crippen MR) is 162 cm³/mol. The molecule has 1 unspecified atom stereocenters. The molecule has 1 saturated heterocycles. The van der Waals surface area contributed by atoms with E-state index in [1.807, 2.05) is 45.1 Å². The van der Waals surface area contributed by atoms with Crippen molar-refractivity contribution in [2.75, 3.05) is 38.7 Å². The summed E-state index contributed by atoms with van der Waals surface area (Å²) in [5.41, 5.74) is 2.72. The molecule has 3 aromatic rings. The van der Waals surface area contributed by atoms with Gasteiger partial charge in [0.1, 0.15) is 5.82 Å². The molecule has 1 aliphatic carbocycles. The minimum absolute atomic E-state index is 0.0259. The van der Waals surface area contributed by atoms with Crippen LogP contribution in [0.1, 0.15) is 49.4 Å². The van der Waals surface area contributed by atoms with E-state index in [-0.39, 0.29) is 29.6 Å². The van der Waals surface area contributed by atoms with Gasteiger partial charge < -0.3 is 14.6 Å². The fourth-order valence-electron chi connectivity index (χ4n) is 5.81. The number of rotatable bonds is 9. The Hall–Kier alpha value is -4.09. The Labute approximate surface area is 249 Å². The van der Waals surface area contributed by atoms with Gasteiger partial charge in [-0.3, -0.25) is 15.0 Å². The van der Waals surface area contributed by atoms with Crippen molar-refractivity contribution in [1.82, 2.24) is 24.6 Å². The van der Waals surface area contributed by atoms with Crippen molar-refractivity contribution >= 4 is 11.8 Å². The molecule has 11 heteroatoms. The van der Waals surface area contributed by atoms with Crippen LogP contribution in [0.25, 0.3) is 11.3 Å². The minimum atomic E-state index is -0.915. The van der Waals surface area contributed by atoms with Crippen molar-refractivity contribution in [2.24, 2.45) is 0 Å². The van der Waals surface area contributed by atoms with Crippen LogP contribution in [0.3, 0.4) is 0 Å². The maximum atomic E-state index is 14.2. The molecule has 228 valence electrons. The van der Waals surface area contributed by atoms with Crippen LogP contribution in [-0.4, -0.2) is 64.7 Å². The standard InChI is InChI=1S/C32H38F2N6O3/c1-20(2)39-17-23(11-13-29(39)41)30-21(3)31(40(37-30)24-8-6-5-7-9-24)36-32(42)35-28-19-38(14-15-43-4)18-25(28)22-10-12-26(33)27(34)16-22/h5-8,10-13,16-17,20,24-25,28H,9,14-15,18-19H2,1-4H3,(H2,35,36,42)/t24?,25-,28+/m0/s1. The van der Waals surface area contributed by atoms with Gasteiger partial charge >= 0.3 is 6.03 Å². The average Bonchev–Trinajstić information content (AvgIpc) is 3.54. The number of methoxy groups -OCH3 is 1. The fourth-order valence-corrected chi connectivity index (χ4v) is 5.81. The quantitative estimate of drug-likeness (QED) is 0.358. The van der Waals surface area contributed by atoms with E-state index in [0.717, 1.165) is 17.2 Å². The molecule has 1 aliphatic heterocycles. The molecule has 1 aromatic carbocycles. The van der Waals surface area contributed by atoms with Crippen molar-refractivity contribution < 1.29 is 18.3 Å². The molecule has 0 saturated carbocycles. The van der Waals surface area contributed by atoms with E-state index in [1.165, 1.54) is 12.1 Å². The van der Waals surface area contributed by atoms with Gasteiger partial charge in [-0.25, -0.2) is 18.3 Å². The maximum absolute atomic E-state index is 14.2. The third kappa shape index (κ3) is 6.62. The van der Waals surface area contributed by atoms with Crippen molar-refractivity contribution in [3.05, 3.63) is 93.9 Å². The number of urea groups is 1. The van der Waals surface area contributed by atoms with Crippen LogP contribution < -0.4 is 16.2 Å². The average molecular weight is 593 g/mol. The third-order valence-electron chi connectivity index (χ3n) is 8.11. The second-order valence-corrected chi connectivity index (χ2v) is 11.4. The Balaban J connectivity index is 1.44. The van der Waals surface area contributed by atoms with Gasteiger partial charge in [0, 0.05) is 62.1 Å². The van der Waals surface area contributed by atoms with Crippen LogP contribution in [0.5, 0.6) is 0 Å². The number of halogens is 2. The lowest BCUT2D eigenvalue weighted by molar-refractivity contribution is 0.159. The third-order valence-corrected chi connectivity index (χ3v) is 8.11. The monoisotopic (exact) mass is 592 g/mol. The predicted octanol–water partition coefficient (Wildman–Crippen LogP) is 5.17. The first-order valence-corrected chi connectivity index (χ1v) is 14.5. The van der Waals surface area contributed by atoms with E-state index in [9.17, 15) is 18.4 Å². The van der Waals surface area contributed by atoms with Crippen molar-refractivity contribution in [1.29, 1.82) is 0 Å². The number of likely N-dealkylation sites (tertiary alicyclic amines) is 1.